The van der Waals surface area contributed by atoms with Crippen LogP contribution in [-0.2, 0) is 11.2 Å². The van der Waals surface area contributed by atoms with E-state index in [2.05, 4.69) is 50.3 Å². The van der Waals surface area contributed by atoms with E-state index in [1.807, 2.05) is 0 Å². The van der Waals surface area contributed by atoms with Gasteiger partial charge in [0.25, 0.3) is 0 Å². The highest BCUT2D eigenvalue weighted by molar-refractivity contribution is 5.27. The van der Waals surface area contributed by atoms with Gasteiger partial charge in [-0.05, 0) is 56.7 Å². The summed E-state index contributed by atoms with van der Waals surface area (Å²) in [5.41, 5.74) is 1.36. The summed E-state index contributed by atoms with van der Waals surface area (Å²) in [5, 5.41) is 0. The van der Waals surface area contributed by atoms with Crippen LogP contribution in [0.2, 0.25) is 0 Å². The van der Waals surface area contributed by atoms with Crippen LogP contribution in [0, 0.1) is 0 Å². The third-order valence-corrected chi connectivity index (χ3v) is 4.08. The normalized spacial score (nSPS) is 20.5. The fourth-order valence-corrected chi connectivity index (χ4v) is 2.34. The Balaban J connectivity index is 1.57. The maximum absolute atomic E-state index is 5.74. The SMILES string of the molecule is CCCC/C=C/CCCCc1ccc(OCC2(C)CO2)cc1. The molecule has 22 heavy (non-hydrogen) atoms. The second-order valence-electron chi connectivity index (χ2n) is 6.53. The summed E-state index contributed by atoms with van der Waals surface area (Å²) in [4.78, 5) is 0. The Bertz CT molecular complexity index is 443. The molecule has 1 fully saturated rings. The van der Waals surface area contributed by atoms with Gasteiger partial charge in [0.2, 0.25) is 0 Å². The molecule has 1 aliphatic heterocycles. The fourth-order valence-electron chi connectivity index (χ4n) is 2.34. The standard InChI is InChI=1S/C20H30O2/c1-3-4-5-6-7-8-9-10-11-18-12-14-19(15-13-18)21-16-20(2)17-22-20/h6-7,12-15H,3-5,8-11,16-17H2,1-2H3/b7-6+. The zero-order valence-electron chi connectivity index (χ0n) is 14.1. The molecule has 2 heteroatoms. The molecular formula is C20H30O2. The lowest BCUT2D eigenvalue weighted by molar-refractivity contribution is 0.202. The molecule has 0 saturated carbocycles. The Hall–Kier alpha value is -1.28. The summed E-state index contributed by atoms with van der Waals surface area (Å²) < 4.78 is 11.1. The third kappa shape index (κ3) is 6.65. The van der Waals surface area contributed by atoms with E-state index in [1.54, 1.807) is 0 Å². The number of allylic oxidation sites excluding steroid dienone is 2. The predicted octanol–water partition coefficient (Wildman–Crippen LogP) is 5.31. The van der Waals surface area contributed by atoms with E-state index < -0.39 is 0 Å². The minimum Gasteiger partial charge on any atom is -0.491 e. The third-order valence-electron chi connectivity index (χ3n) is 4.08. The van der Waals surface area contributed by atoms with Gasteiger partial charge in [0.05, 0.1) is 6.61 Å². The van der Waals surface area contributed by atoms with Gasteiger partial charge in [-0.25, -0.2) is 0 Å². The molecule has 0 N–H and O–H groups in total. The van der Waals surface area contributed by atoms with Gasteiger partial charge in [-0.3, -0.25) is 0 Å². The average Bonchev–Trinajstić information content (AvgIpc) is 3.27. The molecular weight excluding hydrogens is 272 g/mol. The van der Waals surface area contributed by atoms with Gasteiger partial charge in [-0.2, -0.15) is 0 Å². The zero-order chi connectivity index (χ0) is 15.7. The average molecular weight is 302 g/mol. The number of unbranched alkanes of at least 4 members (excludes halogenated alkanes) is 4. The molecule has 1 aromatic carbocycles. The zero-order valence-corrected chi connectivity index (χ0v) is 14.1. The number of ether oxygens (including phenoxy) is 2. The molecule has 1 unspecified atom stereocenters. The maximum Gasteiger partial charge on any atom is 0.123 e. The summed E-state index contributed by atoms with van der Waals surface area (Å²) >= 11 is 0. The van der Waals surface area contributed by atoms with E-state index in [0.717, 1.165) is 18.8 Å². The number of rotatable bonds is 11. The van der Waals surface area contributed by atoms with Gasteiger partial charge >= 0.3 is 0 Å². The van der Waals surface area contributed by atoms with Crippen LogP contribution in [0.15, 0.2) is 36.4 Å². The monoisotopic (exact) mass is 302 g/mol. The van der Waals surface area contributed by atoms with Gasteiger partial charge in [-0.1, -0.05) is 44.1 Å². The van der Waals surface area contributed by atoms with Crippen molar-refractivity contribution in [1.29, 1.82) is 0 Å². The van der Waals surface area contributed by atoms with Crippen molar-refractivity contribution in [1.82, 2.24) is 0 Å². The lowest BCUT2D eigenvalue weighted by Crippen LogP contribution is -2.16. The van der Waals surface area contributed by atoms with Crippen LogP contribution >= 0.6 is 0 Å². The molecule has 0 spiro atoms. The van der Waals surface area contributed by atoms with E-state index >= 15 is 0 Å². The second-order valence-corrected chi connectivity index (χ2v) is 6.53. The van der Waals surface area contributed by atoms with Crippen LogP contribution in [0.5, 0.6) is 5.75 Å². The molecule has 2 rings (SSSR count). The molecule has 0 aliphatic carbocycles. The second kappa shape index (κ2) is 8.99. The maximum atomic E-state index is 5.74. The smallest absolute Gasteiger partial charge is 0.123 e. The van der Waals surface area contributed by atoms with Crippen LogP contribution in [0.25, 0.3) is 0 Å². The molecule has 0 aromatic heterocycles. The Morgan fingerprint density at radius 3 is 2.41 bits per heavy atom. The number of hydrogen-bond donors (Lipinski definition) is 0. The van der Waals surface area contributed by atoms with Crippen molar-refractivity contribution >= 4 is 0 Å². The summed E-state index contributed by atoms with van der Waals surface area (Å²) in [7, 11) is 0. The van der Waals surface area contributed by atoms with E-state index in [4.69, 9.17) is 9.47 Å². The quantitative estimate of drug-likeness (QED) is 0.314. The van der Waals surface area contributed by atoms with E-state index in [-0.39, 0.29) is 5.60 Å². The topological polar surface area (TPSA) is 21.8 Å². The van der Waals surface area contributed by atoms with Crippen molar-refractivity contribution in [2.24, 2.45) is 0 Å². The van der Waals surface area contributed by atoms with Crippen molar-refractivity contribution < 1.29 is 9.47 Å². The number of hydrogen-bond acceptors (Lipinski definition) is 2. The minimum absolute atomic E-state index is 0.0384. The molecule has 1 saturated heterocycles. The van der Waals surface area contributed by atoms with E-state index in [9.17, 15) is 0 Å². The summed E-state index contributed by atoms with van der Waals surface area (Å²) in [6, 6.07) is 8.52. The molecule has 1 heterocycles. The van der Waals surface area contributed by atoms with Gasteiger partial charge in [-0.15, -0.1) is 0 Å². The summed E-state index contributed by atoms with van der Waals surface area (Å²) in [6.07, 6.45) is 13.4. The van der Waals surface area contributed by atoms with Crippen LogP contribution in [-0.4, -0.2) is 18.8 Å². The first kappa shape index (κ1) is 17.1. The lowest BCUT2D eigenvalue weighted by Gasteiger charge is -2.09. The highest BCUT2D eigenvalue weighted by Gasteiger charge is 2.40. The van der Waals surface area contributed by atoms with E-state index in [1.165, 1.54) is 44.1 Å². The minimum atomic E-state index is -0.0384. The predicted molar refractivity (Wildman–Crippen MR) is 92.5 cm³/mol. The van der Waals surface area contributed by atoms with Crippen molar-refractivity contribution in [3.63, 3.8) is 0 Å². The van der Waals surface area contributed by atoms with Crippen LogP contribution < -0.4 is 4.74 Å². The Labute approximate surface area is 135 Å². The molecule has 2 nitrogen and oxygen atoms in total. The van der Waals surface area contributed by atoms with Crippen LogP contribution in [0.3, 0.4) is 0 Å². The number of benzene rings is 1. The van der Waals surface area contributed by atoms with Crippen LogP contribution in [0.4, 0.5) is 0 Å². The molecule has 1 aromatic rings. The highest BCUT2D eigenvalue weighted by atomic mass is 16.6. The van der Waals surface area contributed by atoms with Gasteiger partial charge in [0, 0.05) is 0 Å². The Morgan fingerprint density at radius 2 is 1.77 bits per heavy atom. The van der Waals surface area contributed by atoms with Crippen molar-refractivity contribution in [2.45, 2.75) is 64.4 Å². The molecule has 1 atom stereocenters. The van der Waals surface area contributed by atoms with Gasteiger partial charge in [0.15, 0.2) is 0 Å². The van der Waals surface area contributed by atoms with Gasteiger partial charge in [0.1, 0.15) is 18.0 Å². The molecule has 122 valence electrons. The Kier molecular flexibility index (Phi) is 6.98. The first-order valence-corrected chi connectivity index (χ1v) is 8.72. The first-order valence-electron chi connectivity index (χ1n) is 8.72. The van der Waals surface area contributed by atoms with Crippen molar-refractivity contribution in [2.75, 3.05) is 13.2 Å². The number of epoxide rings is 1. The fraction of sp³-hybridized carbons (Fsp3) is 0.600. The lowest BCUT2D eigenvalue weighted by atomic mass is 10.1. The van der Waals surface area contributed by atoms with Crippen LogP contribution in [0.1, 0.15) is 57.9 Å². The first-order chi connectivity index (χ1) is 10.7. The van der Waals surface area contributed by atoms with Crippen molar-refractivity contribution in [3.05, 3.63) is 42.0 Å². The van der Waals surface area contributed by atoms with Crippen molar-refractivity contribution in [3.8, 4) is 5.75 Å². The largest absolute Gasteiger partial charge is 0.491 e. The Morgan fingerprint density at radius 1 is 1.09 bits per heavy atom. The molecule has 0 amide bonds. The van der Waals surface area contributed by atoms with Gasteiger partial charge < -0.3 is 9.47 Å². The number of aryl methyl sites for hydroxylation is 1. The van der Waals surface area contributed by atoms with E-state index in [0.29, 0.717) is 6.61 Å². The summed E-state index contributed by atoms with van der Waals surface area (Å²) in [5.74, 6) is 0.944. The highest BCUT2D eigenvalue weighted by Crippen LogP contribution is 2.27. The molecule has 1 aliphatic rings. The molecule has 0 radical (unpaired) electrons. The summed E-state index contributed by atoms with van der Waals surface area (Å²) in [6.45, 7) is 5.79. The molecule has 0 bridgehead atoms.